The third-order valence-corrected chi connectivity index (χ3v) is 2.91. The first-order valence-corrected chi connectivity index (χ1v) is 5.71. The Balaban J connectivity index is 2.04. The van der Waals surface area contributed by atoms with Crippen LogP contribution in [0.15, 0.2) is 24.4 Å². The van der Waals surface area contributed by atoms with Gasteiger partial charge in [-0.25, -0.2) is 0 Å². The summed E-state index contributed by atoms with van der Waals surface area (Å²) in [6, 6.07) is 5.25. The number of aromatic nitrogens is 2. The van der Waals surface area contributed by atoms with Crippen LogP contribution in [0, 0.1) is 13.8 Å². The van der Waals surface area contributed by atoms with Crippen molar-refractivity contribution < 1.29 is 4.79 Å². The Labute approximate surface area is 105 Å². The van der Waals surface area contributed by atoms with E-state index < -0.39 is 0 Å². The van der Waals surface area contributed by atoms with Crippen LogP contribution in [-0.2, 0) is 6.54 Å². The largest absolute Gasteiger partial charge is 0.399 e. The second kappa shape index (κ2) is 4.91. The molecule has 4 N–H and O–H groups in total. The molecular weight excluding hydrogens is 228 g/mol. The van der Waals surface area contributed by atoms with Crippen molar-refractivity contribution in [3.05, 3.63) is 46.8 Å². The van der Waals surface area contributed by atoms with Crippen molar-refractivity contribution in [2.24, 2.45) is 0 Å². The average molecular weight is 244 g/mol. The number of nitrogens with two attached hydrogens (primary N) is 1. The van der Waals surface area contributed by atoms with Crippen LogP contribution in [0.1, 0.15) is 27.2 Å². The molecule has 0 aliphatic rings. The van der Waals surface area contributed by atoms with Crippen LogP contribution < -0.4 is 11.1 Å². The fraction of sp³-hybridized carbons (Fsp3) is 0.231. The number of hydrogen-bond acceptors (Lipinski definition) is 3. The van der Waals surface area contributed by atoms with Gasteiger partial charge in [-0.3, -0.25) is 9.89 Å². The Kier molecular flexibility index (Phi) is 3.32. The van der Waals surface area contributed by atoms with E-state index in [-0.39, 0.29) is 5.91 Å². The molecule has 1 heterocycles. The van der Waals surface area contributed by atoms with E-state index in [2.05, 4.69) is 15.5 Å². The molecule has 1 aromatic carbocycles. The first-order chi connectivity index (χ1) is 8.58. The van der Waals surface area contributed by atoms with Gasteiger partial charge in [-0.05, 0) is 37.6 Å². The Morgan fingerprint density at radius 1 is 1.44 bits per heavy atom. The normalized spacial score (nSPS) is 10.3. The number of nitrogens with zero attached hydrogens (tertiary/aromatic N) is 1. The highest BCUT2D eigenvalue weighted by Crippen LogP contribution is 2.12. The van der Waals surface area contributed by atoms with E-state index in [4.69, 9.17) is 5.73 Å². The van der Waals surface area contributed by atoms with Crippen LogP contribution in [-0.4, -0.2) is 16.1 Å². The summed E-state index contributed by atoms with van der Waals surface area (Å²) in [5.41, 5.74) is 9.87. The number of carbonyl (C=O) groups excluding carboxylic acids is 1. The fourth-order valence-electron chi connectivity index (χ4n) is 1.65. The molecular formula is C13H16N4O. The van der Waals surface area contributed by atoms with Gasteiger partial charge in [0.05, 0.1) is 6.20 Å². The van der Waals surface area contributed by atoms with E-state index in [9.17, 15) is 4.79 Å². The Bertz CT molecular complexity index is 574. The minimum atomic E-state index is -0.112. The summed E-state index contributed by atoms with van der Waals surface area (Å²) >= 11 is 0. The lowest BCUT2D eigenvalue weighted by Crippen LogP contribution is -2.23. The van der Waals surface area contributed by atoms with Crippen molar-refractivity contribution >= 4 is 11.6 Å². The van der Waals surface area contributed by atoms with Crippen LogP contribution >= 0.6 is 0 Å². The quantitative estimate of drug-likeness (QED) is 0.716. The molecule has 0 aliphatic heterocycles. The van der Waals surface area contributed by atoms with Crippen molar-refractivity contribution in [2.45, 2.75) is 20.4 Å². The lowest BCUT2D eigenvalue weighted by Gasteiger charge is -2.06. The molecule has 0 spiro atoms. The van der Waals surface area contributed by atoms with Gasteiger partial charge >= 0.3 is 0 Å². The van der Waals surface area contributed by atoms with Gasteiger partial charge in [0.2, 0.25) is 0 Å². The third-order valence-electron chi connectivity index (χ3n) is 2.91. The molecule has 1 aromatic heterocycles. The van der Waals surface area contributed by atoms with E-state index in [1.165, 1.54) is 0 Å². The predicted octanol–water partition coefficient (Wildman–Crippen LogP) is 1.54. The van der Waals surface area contributed by atoms with Crippen LogP contribution in [0.3, 0.4) is 0 Å². The highest BCUT2D eigenvalue weighted by atomic mass is 16.1. The molecule has 0 saturated heterocycles. The first kappa shape index (κ1) is 12.2. The summed E-state index contributed by atoms with van der Waals surface area (Å²) < 4.78 is 0. The van der Waals surface area contributed by atoms with E-state index in [0.29, 0.717) is 17.8 Å². The zero-order chi connectivity index (χ0) is 13.1. The van der Waals surface area contributed by atoms with Crippen molar-refractivity contribution in [2.75, 3.05) is 5.73 Å². The average Bonchev–Trinajstić information content (AvgIpc) is 2.75. The fourth-order valence-corrected chi connectivity index (χ4v) is 1.65. The van der Waals surface area contributed by atoms with Crippen LogP contribution in [0.4, 0.5) is 5.69 Å². The number of benzene rings is 1. The molecule has 0 fully saturated rings. The molecule has 0 atom stereocenters. The number of nitrogens with one attached hydrogen (secondary N) is 2. The number of carbonyl (C=O) groups is 1. The van der Waals surface area contributed by atoms with Crippen molar-refractivity contribution in [3.8, 4) is 0 Å². The maximum absolute atomic E-state index is 11.9. The predicted molar refractivity (Wildman–Crippen MR) is 70.1 cm³/mol. The molecule has 0 radical (unpaired) electrons. The summed E-state index contributed by atoms with van der Waals surface area (Å²) in [7, 11) is 0. The molecule has 0 bridgehead atoms. The summed E-state index contributed by atoms with van der Waals surface area (Å²) in [4.78, 5) is 11.9. The summed E-state index contributed by atoms with van der Waals surface area (Å²) in [6.45, 7) is 4.26. The number of nitrogen functional groups attached to an aromatic ring is 1. The number of rotatable bonds is 3. The molecule has 0 aliphatic carbocycles. The van der Waals surface area contributed by atoms with Gasteiger partial charge in [-0.2, -0.15) is 5.10 Å². The molecule has 1 amide bonds. The van der Waals surface area contributed by atoms with E-state index in [1.54, 1.807) is 24.4 Å². The Morgan fingerprint density at radius 3 is 2.83 bits per heavy atom. The molecule has 0 unspecified atom stereocenters. The van der Waals surface area contributed by atoms with E-state index in [1.807, 2.05) is 13.8 Å². The standard InChI is InChI=1S/C13H16N4O/c1-8-5-10(3-4-12(8)14)13(18)15-6-11-7-16-17-9(11)2/h3-5,7H,6,14H2,1-2H3,(H,15,18)(H,16,17). The number of anilines is 1. The molecule has 5 heteroatoms. The number of amides is 1. The van der Waals surface area contributed by atoms with Crippen LogP contribution in [0.25, 0.3) is 0 Å². The second-order valence-corrected chi connectivity index (χ2v) is 4.27. The van der Waals surface area contributed by atoms with Gasteiger partial charge in [0.15, 0.2) is 0 Å². The number of aryl methyl sites for hydroxylation is 2. The van der Waals surface area contributed by atoms with E-state index >= 15 is 0 Å². The Morgan fingerprint density at radius 2 is 2.22 bits per heavy atom. The van der Waals surface area contributed by atoms with Crippen molar-refractivity contribution in [1.82, 2.24) is 15.5 Å². The zero-order valence-corrected chi connectivity index (χ0v) is 10.4. The van der Waals surface area contributed by atoms with Crippen molar-refractivity contribution in [3.63, 3.8) is 0 Å². The van der Waals surface area contributed by atoms with Crippen molar-refractivity contribution in [1.29, 1.82) is 0 Å². The minimum absolute atomic E-state index is 0.112. The van der Waals surface area contributed by atoms with Gasteiger partial charge in [0.25, 0.3) is 5.91 Å². The van der Waals surface area contributed by atoms with Crippen LogP contribution in [0.5, 0.6) is 0 Å². The second-order valence-electron chi connectivity index (χ2n) is 4.27. The van der Waals surface area contributed by atoms with E-state index in [0.717, 1.165) is 16.8 Å². The monoisotopic (exact) mass is 244 g/mol. The van der Waals surface area contributed by atoms with Gasteiger partial charge in [-0.15, -0.1) is 0 Å². The Hall–Kier alpha value is -2.30. The number of aromatic amines is 1. The summed E-state index contributed by atoms with van der Waals surface area (Å²) in [5.74, 6) is -0.112. The maximum atomic E-state index is 11.9. The topological polar surface area (TPSA) is 83.8 Å². The number of hydrogen-bond donors (Lipinski definition) is 3. The minimum Gasteiger partial charge on any atom is -0.399 e. The van der Waals surface area contributed by atoms with Gasteiger partial charge in [0, 0.05) is 29.1 Å². The molecule has 5 nitrogen and oxygen atoms in total. The summed E-state index contributed by atoms with van der Waals surface area (Å²) in [6.07, 6.45) is 1.71. The lowest BCUT2D eigenvalue weighted by molar-refractivity contribution is 0.0951. The van der Waals surface area contributed by atoms with Gasteiger partial charge in [0.1, 0.15) is 0 Å². The molecule has 0 saturated carbocycles. The molecule has 2 aromatic rings. The maximum Gasteiger partial charge on any atom is 0.251 e. The first-order valence-electron chi connectivity index (χ1n) is 5.71. The van der Waals surface area contributed by atoms with Gasteiger partial charge in [-0.1, -0.05) is 0 Å². The molecule has 18 heavy (non-hydrogen) atoms. The smallest absolute Gasteiger partial charge is 0.251 e. The van der Waals surface area contributed by atoms with Crippen LogP contribution in [0.2, 0.25) is 0 Å². The highest BCUT2D eigenvalue weighted by Gasteiger charge is 2.08. The molecule has 94 valence electrons. The van der Waals surface area contributed by atoms with Gasteiger partial charge < -0.3 is 11.1 Å². The molecule has 2 rings (SSSR count). The summed E-state index contributed by atoms with van der Waals surface area (Å²) in [5, 5.41) is 9.59. The third kappa shape index (κ3) is 2.51. The SMILES string of the molecule is Cc1cc(C(=O)NCc2cn[nH]c2C)ccc1N. The highest BCUT2D eigenvalue weighted by molar-refractivity contribution is 5.94. The lowest BCUT2D eigenvalue weighted by atomic mass is 10.1. The zero-order valence-electron chi connectivity index (χ0n) is 10.4. The number of H-pyrrole nitrogens is 1.